The molecule has 1 aliphatic heterocycles. The van der Waals surface area contributed by atoms with Crippen LogP contribution in [0.5, 0.6) is 0 Å². The van der Waals surface area contributed by atoms with Gasteiger partial charge in [-0.3, -0.25) is 4.79 Å². The molecule has 0 spiro atoms. The van der Waals surface area contributed by atoms with Crippen LogP contribution in [0.3, 0.4) is 0 Å². The highest BCUT2D eigenvalue weighted by atomic mass is 35.5. The number of nitrogens with one attached hydrogen (secondary N) is 2. The van der Waals surface area contributed by atoms with Crippen LogP contribution in [0.15, 0.2) is 36.4 Å². The van der Waals surface area contributed by atoms with E-state index in [-0.39, 0.29) is 5.91 Å². The topological polar surface area (TPSA) is 41.1 Å². The van der Waals surface area contributed by atoms with Crippen LogP contribution in [0.1, 0.15) is 22.5 Å². The second-order valence-corrected chi connectivity index (χ2v) is 6.69. The molecule has 1 aromatic heterocycles. The molecule has 0 saturated carbocycles. The van der Waals surface area contributed by atoms with Crippen molar-refractivity contribution >= 4 is 28.8 Å². The van der Waals surface area contributed by atoms with Crippen molar-refractivity contribution in [2.24, 2.45) is 0 Å². The lowest BCUT2D eigenvalue weighted by Gasteiger charge is -2.23. The summed E-state index contributed by atoms with van der Waals surface area (Å²) in [5, 5.41) is 7.14. The highest BCUT2D eigenvalue weighted by Crippen LogP contribution is 2.29. The summed E-state index contributed by atoms with van der Waals surface area (Å²) in [5.74, 6) is 0.0344. The van der Waals surface area contributed by atoms with E-state index in [2.05, 4.69) is 10.6 Å². The number of thiophene rings is 1. The SMILES string of the molecule is O=C(NC1CCNCC1)c1ccc(-c2ccc(Cl)cc2)s1. The fourth-order valence-electron chi connectivity index (χ4n) is 2.45. The monoisotopic (exact) mass is 320 g/mol. The third kappa shape index (κ3) is 3.64. The summed E-state index contributed by atoms with van der Waals surface area (Å²) in [7, 11) is 0. The Labute approximate surface area is 133 Å². The zero-order chi connectivity index (χ0) is 14.7. The van der Waals surface area contributed by atoms with Gasteiger partial charge in [-0.2, -0.15) is 0 Å². The molecule has 0 radical (unpaired) electrons. The molecule has 2 aromatic rings. The summed E-state index contributed by atoms with van der Waals surface area (Å²) in [5.41, 5.74) is 1.09. The number of carbonyl (C=O) groups is 1. The molecule has 1 aromatic carbocycles. The summed E-state index contributed by atoms with van der Waals surface area (Å²) in [6.07, 6.45) is 2.00. The van der Waals surface area contributed by atoms with Crippen LogP contribution in [-0.4, -0.2) is 25.0 Å². The summed E-state index contributed by atoms with van der Waals surface area (Å²) < 4.78 is 0. The average Bonchev–Trinajstić information content (AvgIpc) is 2.99. The van der Waals surface area contributed by atoms with Crippen LogP contribution in [-0.2, 0) is 0 Å². The zero-order valence-corrected chi connectivity index (χ0v) is 13.1. The average molecular weight is 321 g/mol. The molecule has 2 N–H and O–H groups in total. The fraction of sp³-hybridized carbons (Fsp3) is 0.312. The maximum atomic E-state index is 12.3. The van der Waals surface area contributed by atoms with Gasteiger partial charge in [0.2, 0.25) is 0 Å². The molecule has 1 saturated heterocycles. The van der Waals surface area contributed by atoms with Crippen LogP contribution in [0, 0.1) is 0 Å². The highest BCUT2D eigenvalue weighted by molar-refractivity contribution is 7.17. The van der Waals surface area contributed by atoms with Gasteiger partial charge in [-0.1, -0.05) is 23.7 Å². The van der Waals surface area contributed by atoms with E-state index in [1.807, 2.05) is 36.4 Å². The van der Waals surface area contributed by atoms with E-state index in [1.165, 1.54) is 11.3 Å². The summed E-state index contributed by atoms with van der Waals surface area (Å²) >= 11 is 7.42. The highest BCUT2D eigenvalue weighted by Gasteiger charge is 2.17. The van der Waals surface area contributed by atoms with Crippen molar-refractivity contribution in [2.75, 3.05) is 13.1 Å². The molecule has 5 heteroatoms. The molecule has 0 unspecified atom stereocenters. The lowest BCUT2D eigenvalue weighted by molar-refractivity contribution is 0.0933. The molecule has 1 fully saturated rings. The maximum Gasteiger partial charge on any atom is 0.261 e. The number of hydrogen-bond acceptors (Lipinski definition) is 3. The van der Waals surface area contributed by atoms with Crippen molar-refractivity contribution in [3.8, 4) is 10.4 Å². The van der Waals surface area contributed by atoms with Crippen LogP contribution in [0.25, 0.3) is 10.4 Å². The predicted molar refractivity (Wildman–Crippen MR) is 88.1 cm³/mol. The van der Waals surface area contributed by atoms with Gasteiger partial charge in [0.1, 0.15) is 0 Å². The largest absolute Gasteiger partial charge is 0.349 e. The lowest BCUT2D eigenvalue weighted by Crippen LogP contribution is -2.42. The molecular formula is C16H17ClN2OS. The first-order valence-corrected chi connectivity index (χ1v) is 8.29. The minimum Gasteiger partial charge on any atom is -0.349 e. The van der Waals surface area contributed by atoms with E-state index in [9.17, 15) is 4.79 Å². The lowest BCUT2D eigenvalue weighted by atomic mass is 10.1. The van der Waals surface area contributed by atoms with Gasteiger partial charge < -0.3 is 10.6 Å². The van der Waals surface area contributed by atoms with Crippen molar-refractivity contribution in [1.29, 1.82) is 0 Å². The first kappa shape index (κ1) is 14.6. The van der Waals surface area contributed by atoms with E-state index >= 15 is 0 Å². The van der Waals surface area contributed by atoms with Gasteiger partial charge in [0.25, 0.3) is 5.91 Å². The minimum absolute atomic E-state index is 0.0344. The van der Waals surface area contributed by atoms with Gasteiger partial charge in [0, 0.05) is 15.9 Å². The first-order valence-electron chi connectivity index (χ1n) is 7.10. The quantitative estimate of drug-likeness (QED) is 0.908. The first-order chi connectivity index (χ1) is 10.2. The summed E-state index contributed by atoms with van der Waals surface area (Å²) in [4.78, 5) is 14.1. The van der Waals surface area contributed by atoms with Crippen molar-refractivity contribution < 1.29 is 4.79 Å². The smallest absolute Gasteiger partial charge is 0.261 e. The number of amides is 1. The second kappa shape index (κ2) is 6.60. The molecule has 3 nitrogen and oxygen atoms in total. The Kier molecular flexibility index (Phi) is 4.58. The predicted octanol–water partition coefficient (Wildman–Crippen LogP) is 3.55. The van der Waals surface area contributed by atoms with Crippen LogP contribution < -0.4 is 10.6 Å². The fourth-order valence-corrected chi connectivity index (χ4v) is 3.49. The van der Waals surface area contributed by atoms with Crippen LogP contribution in [0.2, 0.25) is 5.02 Å². The Morgan fingerprint density at radius 3 is 2.57 bits per heavy atom. The van der Waals surface area contributed by atoms with E-state index in [4.69, 9.17) is 11.6 Å². The van der Waals surface area contributed by atoms with Crippen molar-refractivity contribution in [1.82, 2.24) is 10.6 Å². The second-order valence-electron chi connectivity index (χ2n) is 5.17. The van der Waals surface area contributed by atoms with Crippen molar-refractivity contribution in [3.05, 3.63) is 46.3 Å². The van der Waals surface area contributed by atoms with E-state index in [1.54, 1.807) is 0 Å². The molecule has 3 rings (SSSR count). The molecule has 0 bridgehead atoms. The number of carbonyl (C=O) groups excluding carboxylic acids is 1. The Morgan fingerprint density at radius 1 is 1.14 bits per heavy atom. The maximum absolute atomic E-state index is 12.3. The number of hydrogen-bond donors (Lipinski definition) is 2. The zero-order valence-electron chi connectivity index (χ0n) is 11.6. The van der Waals surface area contributed by atoms with E-state index < -0.39 is 0 Å². The third-order valence-corrected chi connectivity index (χ3v) is 5.02. The van der Waals surface area contributed by atoms with Crippen molar-refractivity contribution in [3.63, 3.8) is 0 Å². The molecule has 110 valence electrons. The molecule has 0 atom stereocenters. The summed E-state index contributed by atoms with van der Waals surface area (Å²) in [6.45, 7) is 1.96. The minimum atomic E-state index is 0.0344. The Bertz CT molecular complexity index is 617. The Hall–Kier alpha value is -1.36. The number of piperidine rings is 1. The van der Waals surface area contributed by atoms with E-state index in [0.717, 1.165) is 46.3 Å². The molecular weight excluding hydrogens is 304 g/mol. The Morgan fingerprint density at radius 2 is 1.86 bits per heavy atom. The van der Waals surface area contributed by atoms with E-state index in [0.29, 0.717) is 6.04 Å². The Balaban J connectivity index is 1.69. The van der Waals surface area contributed by atoms with Gasteiger partial charge in [0.05, 0.1) is 4.88 Å². The third-order valence-electron chi connectivity index (χ3n) is 3.63. The molecule has 0 aliphatic carbocycles. The molecule has 2 heterocycles. The molecule has 1 amide bonds. The number of benzene rings is 1. The van der Waals surface area contributed by atoms with Crippen LogP contribution in [0.4, 0.5) is 0 Å². The number of rotatable bonds is 3. The van der Waals surface area contributed by atoms with Gasteiger partial charge in [0.15, 0.2) is 0 Å². The summed E-state index contributed by atoms with van der Waals surface area (Å²) in [6, 6.07) is 11.9. The van der Waals surface area contributed by atoms with Gasteiger partial charge in [-0.05, 0) is 55.8 Å². The number of halogens is 1. The normalized spacial score (nSPS) is 15.9. The van der Waals surface area contributed by atoms with Gasteiger partial charge in [-0.15, -0.1) is 11.3 Å². The van der Waals surface area contributed by atoms with Crippen molar-refractivity contribution in [2.45, 2.75) is 18.9 Å². The van der Waals surface area contributed by atoms with Crippen LogP contribution >= 0.6 is 22.9 Å². The van der Waals surface area contributed by atoms with Gasteiger partial charge >= 0.3 is 0 Å². The molecule has 21 heavy (non-hydrogen) atoms. The molecule has 1 aliphatic rings. The van der Waals surface area contributed by atoms with Gasteiger partial charge in [-0.25, -0.2) is 0 Å². The standard InChI is InChI=1S/C16H17ClN2OS/c17-12-3-1-11(2-4-12)14-5-6-15(21-14)16(20)19-13-7-9-18-10-8-13/h1-6,13,18H,7-10H2,(H,19,20).